The quantitative estimate of drug-likeness (QED) is 0.520. The zero-order valence-electron chi connectivity index (χ0n) is 11.0. The minimum Gasteiger partial charge on any atom is -0.376 e. The number of imide groups is 1. The standard InChI is InChI=1S/C14H17Br2NO3/c15-11-7-4-8(12(11)16)10-9(7)13(18)17(14(10)19)5-6-2-1-3-20-6/h6-12H,1-5H2/t6-,7+,8+,9-,10-,11+,12+/m0/s1. The Hall–Kier alpha value is 0.0600. The average molecular weight is 407 g/mol. The van der Waals surface area contributed by atoms with Gasteiger partial charge in [-0.05, 0) is 31.1 Å². The van der Waals surface area contributed by atoms with Crippen LogP contribution in [0.15, 0.2) is 0 Å². The van der Waals surface area contributed by atoms with Gasteiger partial charge in [-0.2, -0.15) is 0 Å². The Morgan fingerprint density at radius 3 is 2.20 bits per heavy atom. The van der Waals surface area contributed by atoms with Crippen LogP contribution < -0.4 is 0 Å². The normalized spacial score (nSPS) is 50.3. The van der Waals surface area contributed by atoms with Gasteiger partial charge in [0.05, 0.1) is 24.5 Å². The maximum Gasteiger partial charge on any atom is 0.233 e. The summed E-state index contributed by atoms with van der Waals surface area (Å²) in [5.41, 5.74) is 0. The van der Waals surface area contributed by atoms with Gasteiger partial charge in [-0.15, -0.1) is 0 Å². The maximum absolute atomic E-state index is 12.6. The van der Waals surface area contributed by atoms with Crippen LogP contribution >= 0.6 is 31.9 Å². The van der Waals surface area contributed by atoms with E-state index < -0.39 is 0 Å². The lowest BCUT2D eigenvalue weighted by Crippen LogP contribution is -2.38. The van der Waals surface area contributed by atoms with Crippen LogP contribution in [0.2, 0.25) is 0 Å². The number of likely N-dealkylation sites (tertiary alicyclic amines) is 1. The predicted molar refractivity (Wildman–Crippen MR) is 79.7 cm³/mol. The third-order valence-electron chi connectivity index (χ3n) is 5.49. The van der Waals surface area contributed by atoms with Crippen LogP contribution in [0.25, 0.3) is 0 Å². The number of carbonyl (C=O) groups excluding carboxylic acids is 2. The third-order valence-corrected chi connectivity index (χ3v) is 8.70. The Kier molecular flexibility index (Phi) is 3.28. The van der Waals surface area contributed by atoms with Gasteiger partial charge >= 0.3 is 0 Å². The van der Waals surface area contributed by atoms with Gasteiger partial charge in [-0.25, -0.2) is 0 Å². The molecule has 6 heteroatoms. The summed E-state index contributed by atoms with van der Waals surface area (Å²) in [7, 11) is 0. The van der Waals surface area contributed by atoms with Gasteiger partial charge in [0.25, 0.3) is 0 Å². The molecular formula is C14H17Br2NO3. The molecule has 110 valence electrons. The highest BCUT2D eigenvalue weighted by Crippen LogP contribution is 2.60. The molecule has 4 nitrogen and oxygen atoms in total. The SMILES string of the molecule is O=C1[C@H]2[C@H]3C[C@@H]([C@@H](Br)[C@@H]3Br)[C@@H]2C(=O)N1C[C@@H]1CCCO1. The zero-order valence-corrected chi connectivity index (χ0v) is 14.2. The highest BCUT2D eigenvalue weighted by Gasteiger charge is 2.66. The number of ether oxygens (including phenoxy) is 1. The number of carbonyl (C=O) groups is 2. The molecule has 7 atom stereocenters. The van der Waals surface area contributed by atoms with Crippen LogP contribution in [0.1, 0.15) is 19.3 Å². The molecule has 2 bridgehead atoms. The average Bonchev–Trinajstić information content (AvgIpc) is 3.15. The molecule has 4 fully saturated rings. The highest BCUT2D eigenvalue weighted by atomic mass is 79.9. The summed E-state index contributed by atoms with van der Waals surface area (Å²) in [6, 6.07) is 0. The summed E-state index contributed by atoms with van der Waals surface area (Å²) in [6.45, 7) is 1.22. The van der Waals surface area contributed by atoms with Crippen molar-refractivity contribution in [2.75, 3.05) is 13.2 Å². The molecule has 2 aliphatic carbocycles. The zero-order chi connectivity index (χ0) is 14.0. The molecule has 0 unspecified atom stereocenters. The molecule has 2 aliphatic heterocycles. The molecule has 0 aromatic rings. The first-order valence-electron chi connectivity index (χ1n) is 7.34. The van der Waals surface area contributed by atoms with E-state index in [1.54, 1.807) is 0 Å². The number of rotatable bonds is 2. The van der Waals surface area contributed by atoms with Crippen LogP contribution in [0.4, 0.5) is 0 Å². The summed E-state index contributed by atoms with van der Waals surface area (Å²) in [4.78, 5) is 27.4. The molecule has 2 amide bonds. The van der Waals surface area contributed by atoms with Crippen LogP contribution in [0.3, 0.4) is 0 Å². The van der Waals surface area contributed by atoms with Crippen LogP contribution in [-0.4, -0.2) is 45.6 Å². The Balaban J connectivity index is 1.57. The highest BCUT2D eigenvalue weighted by molar-refractivity contribution is 9.12. The summed E-state index contributed by atoms with van der Waals surface area (Å²) in [6.07, 6.45) is 3.04. The van der Waals surface area contributed by atoms with E-state index in [-0.39, 0.29) is 29.8 Å². The van der Waals surface area contributed by atoms with Gasteiger partial charge in [0.2, 0.25) is 11.8 Å². The minimum atomic E-state index is -0.0907. The molecule has 0 radical (unpaired) electrons. The van der Waals surface area contributed by atoms with Gasteiger partial charge in [-0.1, -0.05) is 31.9 Å². The van der Waals surface area contributed by atoms with Crippen LogP contribution in [-0.2, 0) is 14.3 Å². The molecule has 4 aliphatic rings. The second-order valence-electron chi connectivity index (χ2n) is 6.43. The van der Waals surface area contributed by atoms with Crippen molar-refractivity contribution < 1.29 is 14.3 Å². The second kappa shape index (κ2) is 4.78. The first-order chi connectivity index (χ1) is 9.59. The Labute approximate surface area is 134 Å². The lowest BCUT2D eigenvalue weighted by molar-refractivity contribution is -0.142. The lowest BCUT2D eigenvalue weighted by Gasteiger charge is -2.28. The molecule has 0 N–H and O–H groups in total. The van der Waals surface area contributed by atoms with Crippen LogP contribution in [0, 0.1) is 23.7 Å². The fourth-order valence-electron chi connectivity index (χ4n) is 4.58. The largest absolute Gasteiger partial charge is 0.376 e. The molecule has 20 heavy (non-hydrogen) atoms. The number of alkyl halides is 2. The van der Waals surface area contributed by atoms with Crippen molar-refractivity contribution >= 4 is 43.7 Å². The van der Waals surface area contributed by atoms with Gasteiger partial charge in [0.15, 0.2) is 0 Å². The molecule has 2 heterocycles. The van der Waals surface area contributed by atoms with Gasteiger partial charge in [-0.3, -0.25) is 14.5 Å². The first kappa shape index (κ1) is 13.7. The predicted octanol–water partition coefficient (Wildman–Crippen LogP) is 1.94. The van der Waals surface area contributed by atoms with E-state index in [1.807, 2.05) is 0 Å². The number of halogens is 2. The second-order valence-corrected chi connectivity index (χ2v) is 8.54. The van der Waals surface area contributed by atoms with Crippen molar-refractivity contribution in [3.8, 4) is 0 Å². The van der Waals surface area contributed by atoms with E-state index in [0.29, 0.717) is 28.0 Å². The molecule has 0 aromatic carbocycles. The van der Waals surface area contributed by atoms with Crippen molar-refractivity contribution in [2.24, 2.45) is 23.7 Å². The smallest absolute Gasteiger partial charge is 0.233 e. The minimum absolute atomic E-state index is 0.0480. The fraction of sp³-hybridized carbons (Fsp3) is 0.857. The van der Waals surface area contributed by atoms with Crippen molar-refractivity contribution in [1.29, 1.82) is 0 Å². The van der Waals surface area contributed by atoms with Crippen LogP contribution in [0.5, 0.6) is 0 Å². The van der Waals surface area contributed by atoms with E-state index >= 15 is 0 Å². The third kappa shape index (κ3) is 1.73. The van der Waals surface area contributed by atoms with Crippen molar-refractivity contribution in [1.82, 2.24) is 4.90 Å². The molecule has 4 rings (SSSR count). The molecule has 0 aromatic heterocycles. The van der Waals surface area contributed by atoms with E-state index in [2.05, 4.69) is 31.9 Å². The molecule has 2 saturated carbocycles. The van der Waals surface area contributed by atoms with Gasteiger partial charge in [0, 0.05) is 16.3 Å². The summed E-state index contributed by atoms with van der Waals surface area (Å²) >= 11 is 7.40. The lowest BCUT2D eigenvalue weighted by atomic mass is 9.81. The number of nitrogens with zero attached hydrogens (tertiary/aromatic N) is 1. The van der Waals surface area contributed by atoms with E-state index in [0.717, 1.165) is 25.9 Å². The van der Waals surface area contributed by atoms with Crippen molar-refractivity contribution in [3.63, 3.8) is 0 Å². The molecular weight excluding hydrogens is 390 g/mol. The monoisotopic (exact) mass is 405 g/mol. The summed E-state index contributed by atoms with van der Waals surface area (Å²) < 4.78 is 5.58. The van der Waals surface area contributed by atoms with Crippen molar-refractivity contribution in [3.05, 3.63) is 0 Å². The summed E-state index contributed by atoms with van der Waals surface area (Å²) in [5.74, 6) is 0.526. The number of hydrogen-bond donors (Lipinski definition) is 0. The fourth-order valence-corrected chi connectivity index (χ4v) is 6.46. The van der Waals surface area contributed by atoms with Gasteiger partial charge < -0.3 is 4.74 Å². The number of amides is 2. The number of hydrogen-bond acceptors (Lipinski definition) is 3. The summed E-state index contributed by atoms with van der Waals surface area (Å²) in [5, 5.41) is 0. The maximum atomic E-state index is 12.6. The molecule has 2 saturated heterocycles. The Bertz CT molecular complexity index is 433. The topological polar surface area (TPSA) is 46.6 Å². The van der Waals surface area contributed by atoms with E-state index in [9.17, 15) is 9.59 Å². The molecule has 0 spiro atoms. The first-order valence-corrected chi connectivity index (χ1v) is 9.17. The Morgan fingerprint density at radius 1 is 1.10 bits per heavy atom. The van der Waals surface area contributed by atoms with E-state index in [1.165, 1.54) is 4.90 Å². The number of fused-ring (bicyclic) bond motifs is 5. The Morgan fingerprint density at radius 2 is 1.70 bits per heavy atom. The van der Waals surface area contributed by atoms with Gasteiger partial charge in [0.1, 0.15) is 0 Å². The van der Waals surface area contributed by atoms with Crippen molar-refractivity contribution in [2.45, 2.75) is 35.0 Å². The van der Waals surface area contributed by atoms with E-state index in [4.69, 9.17) is 4.74 Å².